The Kier molecular flexibility index (Phi) is 7.08. The SMILES string of the molecule is COc1ccc(CCNC(=O)[C@H](C)N2C[C@@H](C)O[C@H](C)C2)cc1OC. The zero-order valence-electron chi connectivity index (χ0n) is 15.9. The largest absolute Gasteiger partial charge is 0.493 e. The van der Waals surface area contributed by atoms with Crippen LogP contribution in [-0.2, 0) is 16.0 Å². The van der Waals surface area contributed by atoms with Crippen LogP contribution >= 0.6 is 0 Å². The van der Waals surface area contributed by atoms with E-state index in [1.807, 2.05) is 39.0 Å². The van der Waals surface area contributed by atoms with Crippen molar-refractivity contribution in [3.05, 3.63) is 23.8 Å². The number of carbonyl (C=O) groups excluding carboxylic acids is 1. The van der Waals surface area contributed by atoms with Gasteiger partial charge >= 0.3 is 0 Å². The fourth-order valence-corrected chi connectivity index (χ4v) is 3.21. The van der Waals surface area contributed by atoms with Crippen molar-refractivity contribution in [1.82, 2.24) is 10.2 Å². The molecule has 1 aliphatic heterocycles. The Bertz CT molecular complexity index is 569. The van der Waals surface area contributed by atoms with Gasteiger partial charge in [-0.15, -0.1) is 0 Å². The molecule has 25 heavy (non-hydrogen) atoms. The molecule has 0 bridgehead atoms. The van der Waals surface area contributed by atoms with E-state index in [-0.39, 0.29) is 24.2 Å². The first kappa shape index (κ1) is 19.5. The second kappa shape index (κ2) is 9.06. The third-order valence-corrected chi connectivity index (χ3v) is 4.54. The van der Waals surface area contributed by atoms with Gasteiger partial charge in [-0.3, -0.25) is 9.69 Å². The van der Waals surface area contributed by atoms with E-state index in [0.717, 1.165) is 25.1 Å². The number of nitrogens with one attached hydrogen (secondary N) is 1. The van der Waals surface area contributed by atoms with E-state index >= 15 is 0 Å². The van der Waals surface area contributed by atoms with Crippen molar-refractivity contribution in [3.63, 3.8) is 0 Å². The minimum atomic E-state index is -0.154. The summed E-state index contributed by atoms with van der Waals surface area (Å²) in [5, 5.41) is 3.03. The zero-order valence-corrected chi connectivity index (χ0v) is 15.9. The molecular weight excluding hydrogens is 320 g/mol. The van der Waals surface area contributed by atoms with Gasteiger partial charge in [0, 0.05) is 19.6 Å². The lowest BCUT2D eigenvalue weighted by molar-refractivity contribution is -0.131. The molecule has 2 rings (SSSR count). The molecule has 0 spiro atoms. The predicted octanol–water partition coefficient (Wildman–Crippen LogP) is 1.86. The van der Waals surface area contributed by atoms with E-state index in [2.05, 4.69) is 10.2 Å². The van der Waals surface area contributed by atoms with E-state index in [4.69, 9.17) is 14.2 Å². The fourth-order valence-electron chi connectivity index (χ4n) is 3.21. The molecule has 1 aromatic carbocycles. The summed E-state index contributed by atoms with van der Waals surface area (Å²) in [6, 6.07) is 5.66. The van der Waals surface area contributed by atoms with Crippen molar-refractivity contribution in [1.29, 1.82) is 0 Å². The Morgan fingerprint density at radius 3 is 2.48 bits per heavy atom. The van der Waals surface area contributed by atoms with Gasteiger partial charge in [0.15, 0.2) is 11.5 Å². The Balaban J connectivity index is 1.83. The average molecular weight is 350 g/mol. The van der Waals surface area contributed by atoms with Gasteiger partial charge in [0.25, 0.3) is 0 Å². The number of amides is 1. The van der Waals surface area contributed by atoms with Crippen LogP contribution in [0.25, 0.3) is 0 Å². The van der Waals surface area contributed by atoms with Gasteiger partial charge in [0.2, 0.25) is 5.91 Å². The molecule has 1 saturated heterocycles. The number of hydrogen-bond acceptors (Lipinski definition) is 5. The van der Waals surface area contributed by atoms with Crippen LogP contribution in [0.15, 0.2) is 18.2 Å². The molecule has 1 amide bonds. The lowest BCUT2D eigenvalue weighted by Crippen LogP contribution is -2.54. The highest BCUT2D eigenvalue weighted by Gasteiger charge is 2.28. The van der Waals surface area contributed by atoms with Crippen LogP contribution in [0.2, 0.25) is 0 Å². The number of nitrogens with zero attached hydrogens (tertiary/aromatic N) is 1. The van der Waals surface area contributed by atoms with Crippen molar-refractivity contribution in [2.24, 2.45) is 0 Å². The lowest BCUT2D eigenvalue weighted by Gasteiger charge is -2.38. The topological polar surface area (TPSA) is 60.0 Å². The average Bonchev–Trinajstić information content (AvgIpc) is 2.59. The quantitative estimate of drug-likeness (QED) is 0.813. The molecule has 1 aromatic rings. The summed E-state index contributed by atoms with van der Waals surface area (Å²) >= 11 is 0. The minimum absolute atomic E-state index is 0.0572. The molecule has 140 valence electrons. The van der Waals surface area contributed by atoms with Crippen molar-refractivity contribution in [3.8, 4) is 11.5 Å². The Morgan fingerprint density at radius 1 is 1.24 bits per heavy atom. The van der Waals surface area contributed by atoms with Gasteiger partial charge in [-0.1, -0.05) is 6.07 Å². The van der Waals surface area contributed by atoms with Crippen molar-refractivity contribution in [2.45, 2.75) is 45.4 Å². The maximum atomic E-state index is 12.4. The van der Waals surface area contributed by atoms with E-state index in [9.17, 15) is 4.79 Å². The van der Waals surface area contributed by atoms with Crippen LogP contribution in [0.5, 0.6) is 11.5 Å². The fraction of sp³-hybridized carbons (Fsp3) is 0.632. The number of morpholine rings is 1. The highest BCUT2D eigenvalue weighted by molar-refractivity contribution is 5.81. The summed E-state index contributed by atoms with van der Waals surface area (Å²) in [4.78, 5) is 14.6. The molecule has 3 atom stereocenters. The highest BCUT2D eigenvalue weighted by Crippen LogP contribution is 2.27. The Morgan fingerprint density at radius 2 is 1.88 bits per heavy atom. The summed E-state index contributed by atoms with van der Waals surface area (Å²) in [6.07, 6.45) is 1.06. The summed E-state index contributed by atoms with van der Waals surface area (Å²) in [5.41, 5.74) is 1.10. The van der Waals surface area contributed by atoms with Crippen LogP contribution in [0, 0.1) is 0 Å². The van der Waals surface area contributed by atoms with Gasteiger partial charge in [0.05, 0.1) is 32.5 Å². The number of benzene rings is 1. The highest BCUT2D eigenvalue weighted by atomic mass is 16.5. The first-order chi connectivity index (χ1) is 11.9. The number of carbonyl (C=O) groups is 1. The number of hydrogen-bond donors (Lipinski definition) is 1. The van der Waals surface area contributed by atoms with E-state index < -0.39 is 0 Å². The number of methoxy groups -OCH3 is 2. The van der Waals surface area contributed by atoms with Crippen LogP contribution in [0.3, 0.4) is 0 Å². The molecule has 1 N–H and O–H groups in total. The van der Waals surface area contributed by atoms with Crippen LogP contribution in [0.4, 0.5) is 0 Å². The Hall–Kier alpha value is -1.79. The summed E-state index contributed by atoms with van der Waals surface area (Å²) in [5.74, 6) is 1.47. The lowest BCUT2D eigenvalue weighted by atomic mass is 10.1. The summed E-state index contributed by atoms with van der Waals surface area (Å²) in [7, 11) is 3.24. The number of ether oxygens (including phenoxy) is 3. The van der Waals surface area contributed by atoms with E-state index in [0.29, 0.717) is 18.0 Å². The zero-order chi connectivity index (χ0) is 18.4. The number of rotatable bonds is 7. The molecule has 6 heteroatoms. The third kappa shape index (κ3) is 5.34. The molecular formula is C19H30N2O4. The third-order valence-electron chi connectivity index (χ3n) is 4.54. The molecule has 0 aliphatic carbocycles. The van der Waals surface area contributed by atoms with Crippen LogP contribution < -0.4 is 14.8 Å². The second-order valence-electron chi connectivity index (χ2n) is 6.62. The molecule has 6 nitrogen and oxygen atoms in total. The first-order valence-electron chi connectivity index (χ1n) is 8.82. The normalized spacial score (nSPS) is 22.3. The van der Waals surface area contributed by atoms with Crippen molar-refractivity contribution in [2.75, 3.05) is 33.9 Å². The predicted molar refractivity (Wildman–Crippen MR) is 97.3 cm³/mol. The molecule has 0 aromatic heterocycles. The molecule has 1 fully saturated rings. The van der Waals surface area contributed by atoms with Gasteiger partial charge in [-0.2, -0.15) is 0 Å². The van der Waals surface area contributed by atoms with Gasteiger partial charge in [-0.05, 0) is 44.9 Å². The van der Waals surface area contributed by atoms with Gasteiger partial charge in [0.1, 0.15) is 0 Å². The monoisotopic (exact) mass is 350 g/mol. The van der Waals surface area contributed by atoms with E-state index in [1.165, 1.54) is 0 Å². The molecule has 0 unspecified atom stereocenters. The maximum Gasteiger partial charge on any atom is 0.237 e. The molecule has 0 radical (unpaired) electrons. The molecule has 1 heterocycles. The van der Waals surface area contributed by atoms with Crippen LogP contribution in [-0.4, -0.2) is 62.9 Å². The van der Waals surface area contributed by atoms with E-state index in [1.54, 1.807) is 14.2 Å². The van der Waals surface area contributed by atoms with Crippen LogP contribution in [0.1, 0.15) is 26.3 Å². The molecule has 1 aliphatic rings. The summed E-state index contributed by atoms with van der Waals surface area (Å²) < 4.78 is 16.3. The molecule has 0 saturated carbocycles. The smallest absolute Gasteiger partial charge is 0.237 e. The maximum absolute atomic E-state index is 12.4. The van der Waals surface area contributed by atoms with Gasteiger partial charge < -0.3 is 19.5 Å². The van der Waals surface area contributed by atoms with Gasteiger partial charge in [-0.25, -0.2) is 0 Å². The second-order valence-corrected chi connectivity index (χ2v) is 6.62. The van der Waals surface area contributed by atoms with Crippen molar-refractivity contribution >= 4 is 5.91 Å². The standard InChI is InChI=1S/C19H30N2O4/c1-13-11-21(12-14(2)25-13)15(3)19(22)20-9-8-16-6-7-17(23-4)18(10-16)24-5/h6-7,10,13-15H,8-9,11-12H2,1-5H3,(H,20,22)/t13-,14-,15+/m1/s1. The van der Waals surface area contributed by atoms with Crippen molar-refractivity contribution < 1.29 is 19.0 Å². The summed E-state index contributed by atoms with van der Waals surface area (Å²) in [6.45, 7) is 8.21. The Labute approximate surface area is 150 Å². The first-order valence-corrected chi connectivity index (χ1v) is 8.82. The minimum Gasteiger partial charge on any atom is -0.493 e.